The number of aliphatic hydroxyl groups excluding tert-OH is 1. The molecule has 15 heteroatoms. The van der Waals surface area contributed by atoms with Gasteiger partial charge in [-0.25, -0.2) is 23.9 Å². The van der Waals surface area contributed by atoms with Crippen LogP contribution in [-0.4, -0.2) is 88.6 Å². The Hall–Kier alpha value is -4.63. The van der Waals surface area contributed by atoms with E-state index in [1.165, 1.54) is 48.0 Å². The van der Waals surface area contributed by atoms with Gasteiger partial charge in [0.05, 0.1) is 36.7 Å². The predicted octanol–water partition coefficient (Wildman–Crippen LogP) is 6.21. The number of thiazole rings is 2. The summed E-state index contributed by atoms with van der Waals surface area (Å²) in [5, 5.41) is 17.9. The summed E-state index contributed by atoms with van der Waals surface area (Å²) in [4.78, 5) is 46.8. The van der Waals surface area contributed by atoms with Crippen LogP contribution in [0.25, 0.3) is 11.3 Å². The molecule has 7 rings (SSSR count). The highest BCUT2D eigenvalue weighted by Gasteiger charge is 2.43. The van der Waals surface area contributed by atoms with Crippen molar-refractivity contribution < 1.29 is 23.8 Å². The molecule has 2 aromatic carbocycles. The number of carbonyl (C=O) groups excluding carboxylic acids is 2. The Morgan fingerprint density at radius 1 is 1.18 bits per heavy atom. The number of aryl methyl sites for hydroxylation is 1. The zero-order valence-corrected chi connectivity index (χ0v) is 29.4. The Labute approximate surface area is 301 Å². The third-order valence-corrected chi connectivity index (χ3v) is 10.9. The molecule has 0 spiro atoms. The molecule has 2 fully saturated rings. The maximum atomic E-state index is 14.0. The van der Waals surface area contributed by atoms with Crippen molar-refractivity contribution in [2.45, 2.75) is 24.9 Å². The molecule has 0 bridgehead atoms. The molecule has 5 heterocycles. The number of nitrogens with one attached hydrogen (secondary N) is 1. The minimum Gasteiger partial charge on any atom is -0.513 e. The van der Waals surface area contributed by atoms with Gasteiger partial charge in [-0.15, -0.1) is 22.7 Å². The van der Waals surface area contributed by atoms with Gasteiger partial charge in [0.1, 0.15) is 11.9 Å². The minimum atomic E-state index is -0.855. The summed E-state index contributed by atoms with van der Waals surface area (Å²) < 4.78 is 19.3. The lowest BCUT2D eigenvalue weighted by Gasteiger charge is -2.38. The zero-order chi connectivity index (χ0) is 34.9. The molecular weight excluding hydrogens is 701 g/mol. The van der Waals surface area contributed by atoms with Crippen molar-refractivity contribution >= 4 is 57.2 Å². The number of carbonyl (C=O) groups is 2. The van der Waals surface area contributed by atoms with E-state index in [1.54, 1.807) is 11.1 Å². The van der Waals surface area contributed by atoms with E-state index in [1.807, 2.05) is 39.9 Å². The molecule has 3 aliphatic rings. The number of nitrogens with zero attached hydrogens (tertiary/aromatic N) is 6. The van der Waals surface area contributed by atoms with E-state index < -0.39 is 17.8 Å². The summed E-state index contributed by atoms with van der Waals surface area (Å²) in [7, 11) is 1.31. The molecule has 0 unspecified atom stereocenters. The number of amides is 2. The second-order valence-electron chi connectivity index (χ2n) is 12.1. The Bertz CT molecular complexity index is 2000. The Balaban J connectivity index is 1.10. The molecule has 2 atom stereocenters. The molecule has 2 saturated heterocycles. The standard InChI is InChI=1S/C35H33ClFN7O4S2/c1-20(45)3-4-21-5-7-22(8-6-21)28-19-50-34(40-28)44-17-24-16-42(12-13-43(24)35(44)47)18-27-29(33(46)48-2)30(25-10-9-23(37)15-26(25)36)41-31(39-27)32-38-11-14-49-32/h5-11,14-15,19,24,30,45H,1,3-4,12-13,16-18H2,2H3,(H,39,41)/t24-,30-/m0/s1. The van der Waals surface area contributed by atoms with Crippen LogP contribution in [0.4, 0.5) is 14.3 Å². The first-order valence-corrected chi connectivity index (χ1v) is 18.0. The van der Waals surface area contributed by atoms with Gasteiger partial charge < -0.3 is 20.1 Å². The highest BCUT2D eigenvalue weighted by molar-refractivity contribution is 7.14. The summed E-state index contributed by atoms with van der Waals surface area (Å²) in [5.74, 6) is -0.438. The van der Waals surface area contributed by atoms with Gasteiger partial charge in [0.15, 0.2) is 16.0 Å². The molecule has 3 aliphatic heterocycles. The topological polar surface area (TPSA) is 123 Å². The molecule has 50 heavy (non-hydrogen) atoms. The van der Waals surface area contributed by atoms with Crippen LogP contribution in [0.1, 0.15) is 28.6 Å². The molecule has 11 nitrogen and oxygen atoms in total. The van der Waals surface area contributed by atoms with Gasteiger partial charge in [-0.2, -0.15) is 0 Å². The van der Waals surface area contributed by atoms with Gasteiger partial charge in [-0.05, 0) is 24.1 Å². The molecule has 0 saturated carbocycles. The molecule has 2 N–H and O–H groups in total. The van der Waals surface area contributed by atoms with Crippen molar-refractivity contribution in [1.82, 2.24) is 25.1 Å². The molecular formula is C35H33ClFN7O4S2. The fourth-order valence-electron chi connectivity index (χ4n) is 6.42. The number of piperazine rings is 1. The lowest BCUT2D eigenvalue weighted by molar-refractivity contribution is -0.136. The predicted molar refractivity (Wildman–Crippen MR) is 192 cm³/mol. The zero-order valence-electron chi connectivity index (χ0n) is 27.0. The number of halogens is 2. The number of urea groups is 1. The lowest BCUT2D eigenvalue weighted by atomic mass is 9.95. The fraction of sp³-hybridized carbons (Fsp3) is 0.286. The lowest BCUT2D eigenvalue weighted by Crippen LogP contribution is -2.53. The Kier molecular flexibility index (Phi) is 9.69. The van der Waals surface area contributed by atoms with Crippen molar-refractivity contribution in [3.05, 3.63) is 110 Å². The number of aliphatic imine (C=N–C) groups is 1. The van der Waals surface area contributed by atoms with E-state index in [0.29, 0.717) is 72.8 Å². The molecule has 2 amide bonds. The smallest absolute Gasteiger partial charge is 0.338 e. The van der Waals surface area contributed by atoms with Crippen LogP contribution >= 0.6 is 34.3 Å². The molecule has 4 aromatic rings. The van der Waals surface area contributed by atoms with Crippen LogP contribution in [0.3, 0.4) is 0 Å². The number of anilines is 1. The van der Waals surface area contributed by atoms with E-state index in [9.17, 15) is 19.1 Å². The fourth-order valence-corrected chi connectivity index (χ4v) is 8.11. The van der Waals surface area contributed by atoms with Crippen molar-refractivity contribution in [3.63, 3.8) is 0 Å². The van der Waals surface area contributed by atoms with Crippen molar-refractivity contribution in [2.75, 3.05) is 44.7 Å². The average Bonchev–Trinajstić information content (AvgIpc) is 3.88. The summed E-state index contributed by atoms with van der Waals surface area (Å²) >= 11 is 9.33. The number of aliphatic hydroxyl groups is 1. The number of ether oxygens (including phenoxy) is 1. The molecule has 2 aromatic heterocycles. The SMILES string of the molecule is C=C(O)CCc1ccc(-c2csc(N3C[C@@H]4CN(CC5=C(C(=O)OC)[C@H](c6ccc(F)cc6Cl)N=C(c6nccs6)N5)CCN4C3=O)n2)cc1. The van der Waals surface area contributed by atoms with Gasteiger partial charge in [-0.1, -0.05) is 48.5 Å². The second-order valence-corrected chi connectivity index (χ2v) is 14.3. The van der Waals surface area contributed by atoms with Gasteiger partial charge in [0, 0.05) is 71.4 Å². The molecule has 0 radical (unpaired) electrons. The number of hydrogen-bond acceptors (Lipinski definition) is 11. The number of benzene rings is 2. The Morgan fingerprint density at radius 3 is 2.72 bits per heavy atom. The Morgan fingerprint density at radius 2 is 2.00 bits per heavy atom. The normalized spacial score (nSPS) is 19.3. The van der Waals surface area contributed by atoms with Crippen LogP contribution in [0, 0.1) is 5.82 Å². The summed E-state index contributed by atoms with van der Waals surface area (Å²) in [6.07, 6.45) is 2.89. The van der Waals surface area contributed by atoms with Crippen LogP contribution in [0.5, 0.6) is 0 Å². The third kappa shape index (κ3) is 6.88. The minimum absolute atomic E-state index is 0.0791. The summed E-state index contributed by atoms with van der Waals surface area (Å²) in [6.45, 7) is 6.00. The first kappa shape index (κ1) is 33.8. The number of methoxy groups -OCH3 is 1. The van der Waals surface area contributed by atoms with Gasteiger partial charge in [0.25, 0.3) is 0 Å². The highest BCUT2D eigenvalue weighted by Crippen LogP contribution is 2.38. The number of amidine groups is 1. The van der Waals surface area contributed by atoms with Crippen LogP contribution in [-0.2, 0) is 16.0 Å². The van der Waals surface area contributed by atoms with Gasteiger partial charge >= 0.3 is 12.0 Å². The maximum Gasteiger partial charge on any atom is 0.338 e. The summed E-state index contributed by atoms with van der Waals surface area (Å²) in [6, 6.07) is 11.0. The second kappa shape index (κ2) is 14.3. The van der Waals surface area contributed by atoms with Crippen LogP contribution in [0.15, 0.2) is 88.0 Å². The van der Waals surface area contributed by atoms with Crippen molar-refractivity contribution in [3.8, 4) is 11.3 Å². The monoisotopic (exact) mass is 733 g/mol. The number of esters is 1. The molecule has 0 aliphatic carbocycles. The largest absolute Gasteiger partial charge is 0.513 e. The van der Waals surface area contributed by atoms with E-state index in [4.69, 9.17) is 26.3 Å². The molecule has 258 valence electrons. The average molecular weight is 734 g/mol. The number of rotatable bonds is 10. The van der Waals surface area contributed by atoms with E-state index in [-0.39, 0.29) is 28.4 Å². The number of hydrogen-bond donors (Lipinski definition) is 2. The number of allylic oxidation sites excluding steroid dienone is 1. The summed E-state index contributed by atoms with van der Waals surface area (Å²) in [5.41, 5.74) is 4.15. The third-order valence-electron chi connectivity index (χ3n) is 8.92. The number of fused-ring (bicyclic) bond motifs is 1. The highest BCUT2D eigenvalue weighted by atomic mass is 35.5. The van der Waals surface area contributed by atoms with Gasteiger partial charge in [-0.3, -0.25) is 14.8 Å². The number of aromatic nitrogens is 2. The van der Waals surface area contributed by atoms with Crippen molar-refractivity contribution in [1.29, 1.82) is 0 Å². The van der Waals surface area contributed by atoms with Crippen LogP contribution < -0.4 is 10.2 Å². The first-order chi connectivity index (χ1) is 24.2. The first-order valence-electron chi connectivity index (χ1n) is 15.9. The van der Waals surface area contributed by atoms with E-state index >= 15 is 0 Å². The van der Waals surface area contributed by atoms with E-state index in [0.717, 1.165) is 16.8 Å². The van der Waals surface area contributed by atoms with Crippen LogP contribution in [0.2, 0.25) is 5.02 Å². The quantitative estimate of drug-likeness (QED) is 0.146. The van der Waals surface area contributed by atoms with Gasteiger partial charge in [0.2, 0.25) is 0 Å². The van der Waals surface area contributed by atoms with Crippen molar-refractivity contribution in [2.24, 2.45) is 4.99 Å². The maximum absolute atomic E-state index is 14.0. The van der Waals surface area contributed by atoms with E-state index in [2.05, 4.69) is 21.8 Å².